The SMILES string of the molecule is NC(=O)c1cc([N+](=O)[O-])ccc1NCC(c1ccc(Cl)cc1)N1CCOCC1. The highest BCUT2D eigenvalue weighted by Gasteiger charge is 2.23. The number of morpholine rings is 1. The summed E-state index contributed by atoms with van der Waals surface area (Å²) in [5.74, 6) is -0.722. The second-order valence-corrected chi connectivity index (χ2v) is 6.88. The van der Waals surface area contributed by atoms with Gasteiger partial charge in [0.1, 0.15) is 0 Å². The maximum absolute atomic E-state index is 11.8. The predicted molar refractivity (Wildman–Crippen MR) is 107 cm³/mol. The molecule has 8 nitrogen and oxygen atoms in total. The fourth-order valence-corrected chi connectivity index (χ4v) is 3.37. The van der Waals surface area contributed by atoms with Crippen LogP contribution in [0.5, 0.6) is 0 Å². The van der Waals surface area contributed by atoms with E-state index < -0.39 is 10.8 Å². The molecule has 0 aromatic heterocycles. The van der Waals surface area contributed by atoms with Gasteiger partial charge in [0.2, 0.25) is 0 Å². The number of carbonyl (C=O) groups is 1. The third kappa shape index (κ3) is 4.78. The van der Waals surface area contributed by atoms with Gasteiger partial charge in [-0.1, -0.05) is 23.7 Å². The summed E-state index contributed by atoms with van der Waals surface area (Å²) in [6.45, 7) is 3.33. The second-order valence-electron chi connectivity index (χ2n) is 6.45. The first-order valence-corrected chi connectivity index (χ1v) is 9.23. The molecule has 1 aliphatic rings. The van der Waals surface area contributed by atoms with Crippen molar-refractivity contribution in [2.24, 2.45) is 5.73 Å². The van der Waals surface area contributed by atoms with E-state index >= 15 is 0 Å². The minimum Gasteiger partial charge on any atom is -0.382 e. The molecule has 3 rings (SSSR count). The molecule has 1 amide bonds. The van der Waals surface area contributed by atoms with Crippen LogP contribution >= 0.6 is 11.6 Å². The van der Waals surface area contributed by atoms with E-state index in [2.05, 4.69) is 10.2 Å². The average molecular weight is 405 g/mol. The summed E-state index contributed by atoms with van der Waals surface area (Å²) >= 11 is 6.02. The molecule has 1 aliphatic heterocycles. The lowest BCUT2D eigenvalue weighted by Gasteiger charge is -2.35. The van der Waals surface area contributed by atoms with Crippen molar-refractivity contribution in [1.29, 1.82) is 0 Å². The fourth-order valence-electron chi connectivity index (χ4n) is 3.24. The molecule has 2 aromatic rings. The van der Waals surface area contributed by atoms with Crippen molar-refractivity contribution in [2.75, 3.05) is 38.2 Å². The zero-order chi connectivity index (χ0) is 20.1. The van der Waals surface area contributed by atoms with Crippen molar-refractivity contribution in [2.45, 2.75) is 6.04 Å². The summed E-state index contributed by atoms with van der Waals surface area (Å²) in [6, 6.07) is 11.7. The summed E-state index contributed by atoms with van der Waals surface area (Å²) in [5, 5.41) is 14.9. The number of non-ortho nitro benzene ring substituents is 1. The molecule has 28 heavy (non-hydrogen) atoms. The smallest absolute Gasteiger partial charge is 0.270 e. The zero-order valence-corrected chi connectivity index (χ0v) is 15.9. The van der Waals surface area contributed by atoms with Crippen molar-refractivity contribution in [3.63, 3.8) is 0 Å². The van der Waals surface area contributed by atoms with Gasteiger partial charge in [0.25, 0.3) is 11.6 Å². The van der Waals surface area contributed by atoms with Crippen LogP contribution < -0.4 is 11.1 Å². The minimum atomic E-state index is -0.722. The number of benzene rings is 2. The number of amides is 1. The van der Waals surface area contributed by atoms with Crippen LogP contribution in [0, 0.1) is 10.1 Å². The van der Waals surface area contributed by atoms with Gasteiger partial charge in [-0.05, 0) is 23.8 Å². The Hall–Kier alpha value is -2.68. The summed E-state index contributed by atoms with van der Waals surface area (Å²) < 4.78 is 5.45. The number of nitrogens with one attached hydrogen (secondary N) is 1. The van der Waals surface area contributed by atoms with Gasteiger partial charge in [-0.3, -0.25) is 19.8 Å². The van der Waals surface area contributed by atoms with Crippen LogP contribution in [0.4, 0.5) is 11.4 Å². The molecule has 1 saturated heterocycles. The van der Waals surface area contributed by atoms with Gasteiger partial charge < -0.3 is 15.8 Å². The maximum atomic E-state index is 11.8. The Morgan fingerprint density at radius 1 is 1.25 bits per heavy atom. The molecule has 1 unspecified atom stereocenters. The predicted octanol–water partition coefficient (Wildman–Crippen LogP) is 2.83. The molecule has 1 atom stereocenters. The summed E-state index contributed by atoms with van der Waals surface area (Å²) in [6.07, 6.45) is 0. The molecule has 148 valence electrons. The first-order chi connectivity index (χ1) is 13.5. The number of nitro benzene ring substituents is 1. The normalized spacial score (nSPS) is 15.8. The molecule has 2 aromatic carbocycles. The Bertz CT molecular complexity index is 854. The molecule has 9 heteroatoms. The van der Waals surface area contributed by atoms with E-state index in [1.54, 1.807) is 0 Å². The topological polar surface area (TPSA) is 111 Å². The first kappa shape index (κ1) is 20.1. The molecular weight excluding hydrogens is 384 g/mol. The first-order valence-electron chi connectivity index (χ1n) is 8.85. The lowest BCUT2D eigenvalue weighted by molar-refractivity contribution is -0.384. The maximum Gasteiger partial charge on any atom is 0.270 e. The Balaban J connectivity index is 1.84. The highest BCUT2D eigenvalue weighted by Crippen LogP contribution is 2.26. The van der Waals surface area contributed by atoms with Crippen molar-refractivity contribution in [3.05, 3.63) is 68.7 Å². The van der Waals surface area contributed by atoms with Crippen LogP contribution in [0.3, 0.4) is 0 Å². The molecule has 0 aliphatic carbocycles. The van der Waals surface area contributed by atoms with E-state index in [4.69, 9.17) is 22.1 Å². The van der Waals surface area contributed by atoms with Crippen LogP contribution in [0.1, 0.15) is 22.0 Å². The minimum absolute atomic E-state index is 0.0112. The van der Waals surface area contributed by atoms with Crippen molar-refractivity contribution < 1.29 is 14.5 Å². The van der Waals surface area contributed by atoms with E-state index in [-0.39, 0.29) is 17.3 Å². The Labute approximate surface area is 167 Å². The second kappa shape index (κ2) is 9.01. The monoisotopic (exact) mass is 404 g/mol. The molecule has 0 saturated carbocycles. The number of halogens is 1. The number of rotatable bonds is 7. The summed E-state index contributed by atoms with van der Waals surface area (Å²) in [5.41, 5.74) is 6.86. The summed E-state index contributed by atoms with van der Waals surface area (Å²) in [7, 11) is 0. The summed E-state index contributed by atoms with van der Waals surface area (Å²) in [4.78, 5) is 24.5. The number of nitrogens with zero attached hydrogens (tertiary/aromatic N) is 2. The average Bonchev–Trinajstić information content (AvgIpc) is 2.70. The van der Waals surface area contributed by atoms with E-state index in [9.17, 15) is 14.9 Å². The van der Waals surface area contributed by atoms with Crippen molar-refractivity contribution in [3.8, 4) is 0 Å². The van der Waals surface area contributed by atoms with Crippen molar-refractivity contribution in [1.82, 2.24) is 4.90 Å². The van der Waals surface area contributed by atoms with E-state index in [0.717, 1.165) is 18.7 Å². The molecule has 3 N–H and O–H groups in total. The van der Waals surface area contributed by atoms with Gasteiger partial charge >= 0.3 is 0 Å². The van der Waals surface area contributed by atoms with E-state index in [1.165, 1.54) is 18.2 Å². The van der Waals surface area contributed by atoms with Gasteiger partial charge in [0.05, 0.1) is 29.7 Å². The number of hydrogen-bond donors (Lipinski definition) is 2. The lowest BCUT2D eigenvalue weighted by atomic mass is 10.0. The molecule has 0 spiro atoms. The van der Waals surface area contributed by atoms with Gasteiger partial charge in [-0.25, -0.2) is 0 Å². The van der Waals surface area contributed by atoms with Crippen LogP contribution in [0.25, 0.3) is 0 Å². The lowest BCUT2D eigenvalue weighted by Crippen LogP contribution is -2.41. The van der Waals surface area contributed by atoms with Crippen LogP contribution in [0.15, 0.2) is 42.5 Å². The fraction of sp³-hybridized carbons (Fsp3) is 0.316. The third-order valence-electron chi connectivity index (χ3n) is 4.71. The number of anilines is 1. The van der Waals surface area contributed by atoms with E-state index in [1.807, 2.05) is 24.3 Å². The standard InChI is InChI=1S/C19H21ClN4O4/c20-14-3-1-13(2-4-14)18(23-7-9-28-10-8-23)12-22-17-6-5-15(24(26)27)11-16(17)19(21)25/h1-6,11,18,22H,7-10,12H2,(H2,21,25). The third-order valence-corrected chi connectivity index (χ3v) is 4.96. The molecule has 0 radical (unpaired) electrons. The van der Waals surface area contributed by atoms with Gasteiger partial charge in [0.15, 0.2) is 0 Å². The zero-order valence-electron chi connectivity index (χ0n) is 15.1. The number of nitrogens with two attached hydrogens (primary N) is 1. The highest BCUT2D eigenvalue weighted by atomic mass is 35.5. The van der Waals surface area contributed by atoms with Crippen molar-refractivity contribution >= 4 is 28.9 Å². The number of carbonyl (C=O) groups excluding carboxylic acids is 1. The number of primary amides is 1. The quantitative estimate of drug-likeness (QED) is 0.542. The van der Waals surface area contributed by atoms with Gasteiger partial charge in [0, 0.05) is 42.5 Å². The Morgan fingerprint density at radius 3 is 2.54 bits per heavy atom. The number of ether oxygens (including phenoxy) is 1. The van der Waals surface area contributed by atoms with Crippen LogP contribution in [0.2, 0.25) is 5.02 Å². The highest BCUT2D eigenvalue weighted by molar-refractivity contribution is 6.30. The largest absolute Gasteiger partial charge is 0.382 e. The molecular formula is C19H21ClN4O4. The van der Waals surface area contributed by atoms with Gasteiger partial charge in [-0.2, -0.15) is 0 Å². The van der Waals surface area contributed by atoms with E-state index in [0.29, 0.717) is 30.5 Å². The number of hydrogen-bond acceptors (Lipinski definition) is 6. The Morgan fingerprint density at radius 2 is 1.93 bits per heavy atom. The van der Waals surface area contributed by atoms with Crippen LogP contribution in [-0.4, -0.2) is 48.6 Å². The molecule has 0 bridgehead atoms. The Kier molecular flexibility index (Phi) is 6.45. The molecule has 1 heterocycles. The molecule has 1 fully saturated rings. The van der Waals surface area contributed by atoms with Gasteiger partial charge in [-0.15, -0.1) is 0 Å². The van der Waals surface area contributed by atoms with Crippen LogP contribution in [-0.2, 0) is 4.74 Å². The number of nitro groups is 1.